The molecule has 1 aliphatic heterocycles. The van der Waals surface area contributed by atoms with Crippen LogP contribution in [0.4, 0.5) is 0 Å². The Morgan fingerprint density at radius 3 is 2.59 bits per heavy atom. The van der Waals surface area contributed by atoms with Gasteiger partial charge in [-0.25, -0.2) is 0 Å². The quantitative estimate of drug-likeness (QED) is 0.688. The summed E-state index contributed by atoms with van der Waals surface area (Å²) in [5.74, 6) is 0.707. The number of carbonyl (C=O) groups is 1. The van der Waals surface area contributed by atoms with E-state index in [0.29, 0.717) is 19.1 Å². The minimum atomic E-state index is 0.104. The van der Waals surface area contributed by atoms with Gasteiger partial charge in [-0.3, -0.25) is 4.79 Å². The molecule has 100 valence electrons. The zero-order chi connectivity index (χ0) is 12.9. The monoisotopic (exact) mass is 243 g/mol. The molecule has 17 heavy (non-hydrogen) atoms. The van der Waals surface area contributed by atoms with Crippen LogP contribution in [0.3, 0.4) is 0 Å². The molecule has 0 spiro atoms. The maximum absolute atomic E-state index is 11.8. The lowest BCUT2D eigenvalue weighted by molar-refractivity contribution is -0.135. The van der Waals surface area contributed by atoms with Gasteiger partial charge in [-0.2, -0.15) is 0 Å². The molecule has 0 aromatic carbocycles. The van der Waals surface area contributed by atoms with Crippen molar-refractivity contribution in [1.29, 1.82) is 0 Å². The van der Waals surface area contributed by atoms with E-state index >= 15 is 0 Å². The van der Waals surface area contributed by atoms with E-state index in [0.717, 1.165) is 19.5 Å². The van der Waals surface area contributed by atoms with E-state index in [-0.39, 0.29) is 17.9 Å². The number of nitrogens with zero attached hydrogens (tertiary/aromatic N) is 1. The molecular weight excluding hydrogens is 218 g/mol. The van der Waals surface area contributed by atoms with Crippen LogP contribution in [0.1, 0.15) is 27.2 Å². The van der Waals surface area contributed by atoms with Crippen molar-refractivity contribution >= 4 is 5.91 Å². The number of hydrogen-bond donors (Lipinski definition) is 0. The zero-order valence-corrected chi connectivity index (χ0v) is 11.5. The van der Waals surface area contributed by atoms with Crippen LogP contribution >= 0.6 is 0 Å². The van der Waals surface area contributed by atoms with Gasteiger partial charge in [0.15, 0.2) is 0 Å². The van der Waals surface area contributed by atoms with Gasteiger partial charge in [0.2, 0.25) is 5.91 Å². The summed E-state index contributed by atoms with van der Waals surface area (Å²) in [6.07, 6.45) is 1.10. The van der Waals surface area contributed by atoms with Gasteiger partial charge in [-0.1, -0.05) is 20.8 Å². The molecule has 0 bridgehead atoms. The number of hydrogen-bond acceptors (Lipinski definition) is 3. The molecule has 1 amide bonds. The first-order chi connectivity index (χ1) is 7.95. The highest BCUT2D eigenvalue weighted by molar-refractivity contribution is 5.77. The van der Waals surface area contributed by atoms with Crippen LogP contribution in [0.25, 0.3) is 0 Å². The first kappa shape index (κ1) is 14.5. The van der Waals surface area contributed by atoms with E-state index in [9.17, 15) is 4.79 Å². The summed E-state index contributed by atoms with van der Waals surface area (Å²) < 4.78 is 10.1. The van der Waals surface area contributed by atoms with E-state index in [1.165, 1.54) is 0 Å². The van der Waals surface area contributed by atoms with Crippen LogP contribution in [-0.2, 0) is 14.3 Å². The van der Waals surface area contributed by atoms with E-state index in [4.69, 9.17) is 9.47 Å². The molecule has 0 aliphatic carbocycles. The smallest absolute Gasteiger partial charge is 0.248 e. The molecule has 1 fully saturated rings. The highest BCUT2D eigenvalue weighted by Gasteiger charge is 2.33. The predicted octanol–water partition coefficient (Wildman–Crippen LogP) is 1.54. The second-order valence-corrected chi connectivity index (χ2v) is 5.74. The summed E-state index contributed by atoms with van der Waals surface area (Å²) in [7, 11) is 1.62. The summed E-state index contributed by atoms with van der Waals surface area (Å²) in [6, 6.07) is 0. The lowest BCUT2D eigenvalue weighted by Crippen LogP contribution is -2.34. The molecule has 0 saturated carbocycles. The van der Waals surface area contributed by atoms with E-state index in [1.807, 2.05) is 4.90 Å². The largest absolute Gasteiger partial charge is 0.382 e. The third-order valence-electron chi connectivity index (χ3n) is 3.42. The maximum atomic E-state index is 11.8. The summed E-state index contributed by atoms with van der Waals surface area (Å²) in [5, 5.41) is 0. The Balaban J connectivity index is 2.26. The third kappa shape index (κ3) is 4.64. The molecule has 4 nitrogen and oxygen atoms in total. The number of ether oxygens (including phenoxy) is 2. The van der Waals surface area contributed by atoms with Crippen LogP contribution in [0.2, 0.25) is 0 Å². The molecule has 0 aromatic heterocycles. The van der Waals surface area contributed by atoms with Gasteiger partial charge >= 0.3 is 0 Å². The van der Waals surface area contributed by atoms with Gasteiger partial charge in [0.05, 0.1) is 13.2 Å². The van der Waals surface area contributed by atoms with Crippen LogP contribution < -0.4 is 0 Å². The highest BCUT2D eigenvalue weighted by atomic mass is 16.5. The van der Waals surface area contributed by atoms with Crippen LogP contribution in [-0.4, -0.2) is 50.8 Å². The molecule has 0 aromatic rings. The fourth-order valence-electron chi connectivity index (χ4n) is 2.09. The average Bonchev–Trinajstić information content (AvgIpc) is 2.72. The van der Waals surface area contributed by atoms with E-state index < -0.39 is 0 Å². The standard InChI is InChI=1S/C13H25NO3/c1-13(2,3)11-5-6-14(9-11)12(15)10-17-8-7-16-4/h11H,5-10H2,1-4H3. The zero-order valence-electron chi connectivity index (χ0n) is 11.5. The van der Waals surface area contributed by atoms with Gasteiger partial charge in [0, 0.05) is 20.2 Å². The molecule has 1 aliphatic rings. The normalized spacial score (nSPS) is 20.9. The first-order valence-electron chi connectivity index (χ1n) is 6.29. The van der Waals surface area contributed by atoms with Crippen LogP contribution in [0.15, 0.2) is 0 Å². The second-order valence-electron chi connectivity index (χ2n) is 5.74. The number of carbonyl (C=O) groups excluding carboxylic acids is 1. The van der Waals surface area contributed by atoms with E-state index in [2.05, 4.69) is 20.8 Å². The first-order valence-corrected chi connectivity index (χ1v) is 6.29. The molecular formula is C13H25NO3. The Labute approximate surface area is 104 Å². The minimum Gasteiger partial charge on any atom is -0.382 e. The molecule has 1 unspecified atom stereocenters. The lowest BCUT2D eigenvalue weighted by atomic mass is 9.80. The third-order valence-corrected chi connectivity index (χ3v) is 3.42. The van der Waals surface area contributed by atoms with Gasteiger partial charge < -0.3 is 14.4 Å². The minimum absolute atomic E-state index is 0.104. The molecule has 0 radical (unpaired) electrons. The van der Waals surface area contributed by atoms with E-state index in [1.54, 1.807) is 7.11 Å². The topological polar surface area (TPSA) is 38.8 Å². The van der Waals surface area contributed by atoms with Gasteiger partial charge in [-0.15, -0.1) is 0 Å². The fraction of sp³-hybridized carbons (Fsp3) is 0.923. The fourth-order valence-corrected chi connectivity index (χ4v) is 2.09. The Hall–Kier alpha value is -0.610. The summed E-state index contributed by atoms with van der Waals surface area (Å²) in [6.45, 7) is 9.66. The van der Waals surface area contributed by atoms with Crippen molar-refractivity contribution in [1.82, 2.24) is 4.90 Å². The van der Waals surface area contributed by atoms with Crippen LogP contribution in [0.5, 0.6) is 0 Å². The second kappa shape index (κ2) is 6.36. The molecule has 4 heteroatoms. The Morgan fingerprint density at radius 2 is 2.06 bits per heavy atom. The van der Waals surface area contributed by atoms with Crippen molar-refractivity contribution in [2.45, 2.75) is 27.2 Å². The number of likely N-dealkylation sites (tertiary alicyclic amines) is 1. The SMILES string of the molecule is COCCOCC(=O)N1CCC(C(C)(C)C)C1. The molecule has 1 rings (SSSR count). The maximum Gasteiger partial charge on any atom is 0.248 e. The summed E-state index contributed by atoms with van der Waals surface area (Å²) in [5.41, 5.74) is 0.284. The summed E-state index contributed by atoms with van der Waals surface area (Å²) >= 11 is 0. The average molecular weight is 243 g/mol. The summed E-state index contributed by atoms with van der Waals surface area (Å²) in [4.78, 5) is 13.8. The molecule has 1 heterocycles. The van der Waals surface area contributed by atoms with Gasteiger partial charge in [0.25, 0.3) is 0 Å². The van der Waals surface area contributed by atoms with Crippen molar-refractivity contribution in [2.75, 3.05) is 40.0 Å². The van der Waals surface area contributed by atoms with Gasteiger partial charge in [-0.05, 0) is 17.8 Å². The molecule has 1 saturated heterocycles. The van der Waals surface area contributed by atoms with Crippen molar-refractivity contribution < 1.29 is 14.3 Å². The molecule has 1 atom stereocenters. The predicted molar refractivity (Wildman–Crippen MR) is 66.8 cm³/mol. The lowest BCUT2D eigenvalue weighted by Gasteiger charge is -2.26. The number of methoxy groups -OCH3 is 1. The Morgan fingerprint density at radius 1 is 1.35 bits per heavy atom. The highest BCUT2D eigenvalue weighted by Crippen LogP contribution is 2.33. The molecule has 0 N–H and O–H groups in total. The van der Waals surface area contributed by atoms with Crippen LogP contribution in [0, 0.1) is 11.3 Å². The number of rotatable bonds is 5. The van der Waals surface area contributed by atoms with Crippen molar-refractivity contribution in [3.63, 3.8) is 0 Å². The number of amides is 1. The van der Waals surface area contributed by atoms with Crippen molar-refractivity contribution in [3.05, 3.63) is 0 Å². The van der Waals surface area contributed by atoms with Crippen molar-refractivity contribution in [2.24, 2.45) is 11.3 Å². The van der Waals surface area contributed by atoms with Gasteiger partial charge in [0.1, 0.15) is 6.61 Å². The Kier molecular flexibility index (Phi) is 5.40. The van der Waals surface area contributed by atoms with Crippen molar-refractivity contribution in [3.8, 4) is 0 Å². The Bertz CT molecular complexity index is 248.